The Balaban J connectivity index is 1.74. The summed E-state index contributed by atoms with van der Waals surface area (Å²) in [4.78, 5) is 2.77. The fourth-order valence-corrected chi connectivity index (χ4v) is 3.40. The van der Waals surface area contributed by atoms with E-state index in [1.165, 1.54) is 45.3 Å². The molecule has 1 N–H and O–H groups in total. The van der Waals surface area contributed by atoms with Crippen molar-refractivity contribution in [2.75, 3.05) is 19.6 Å². The highest BCUT2D eigenvalue weighted by Gasteiger charge is 2.33. The van der Waals surface area contributed by atoms with Crippen molar-refractivity contribution in [3.63, 3.8) is 0 Å². The minimum absolute atomic E-state index is 0.638. The smallest absolute Gasteiger partial charge is 0.0121 e. The molecule has 2 fully saturated rings. The van der Waals surface area contributed by atoms with E-state index in [2.05, 4.69) is 31.0 Å². The third kappa shape index (κ3) is 2.98. The molecule has 1 heterocycles. The average molecular weight is 224 g/mol. The first-order chi connectivity index (χ1) is 7.66. The van der Waals surface area contributed by atoms with Crippen LogP contribution in [0.4, 0.5) is 0 Å². The van der Waals surface area contributed by atoms with E-state index in [0.717, 1.165) is 17.9 Å². The van der Waals surface area contributed by atoms with Gasteiger partial charge in [-0.25, -0.2) is 0 Å². The first-order valence-corrected chi connectivity index (χ1v) is 7.14. The summed E-state index contributed by atoms with van der Waals surface area (Å²) >= 11 is 0. The van der Waals surface area contributed by atoms with Crippen LogP contribution in [0.1, 0.15) is 46.5 Å². The van der Waals surface area contributed by atoms with Crippen LogP contribution >= 0.6 is 0 Å². The molecule has 0 aromatic rings. The van der Waals surface area contributed by atoms with Crippen molar-refractivity contribution in [1.82, 2.24) is 10.2 Å². The summed E-state index contributed by atoms with van der Waals surface area (Å²) in [6.07, 6.45) is 5.77. The number of nitrogens with zero attached hydrogens (tertiary/aromatic N) is 1. The lowest BCUT2D eigenvalue weighted by atomic mass is 10.1. The summed E-state index contributed by atoms with van der Waals surface area (Å²) in [7, 11) is 0. The first kappa shape index (κ1) is 12.4. The van der Waals surface area contributed by atoms with E-state index in [9.17, 15) is 0 Å². The molecule has 0 amide bonds. The van der Waals surface area contributed by atoms with Gasteiger partial charge in [-0.15, -0.1) is 0 Å². The highest BCUT2D eigenvalue weighted by Crippen LogP contribution is 2.32. The van der Waals surface area contributed by atoms with Gasteiger partial charge in [0.25, 0.3) is 0 Å². The Morgan fingerprint density at radius 3 is 2.69 bits per heavy atom. The van der Waals surface area contributed by atoms with Gasteiger partial charge in [0.1, 0.15) is 0 Å². The van der Waals surface area contributed by atoms with E-state index in [4.69, 9.17) is 0 Å². The molecule has 16 heavy (non-hydrogen) atoms. The lowest BCUT2D eigenvalue weighted by Gasteiger charge is -2.27. The van der Waals surface area contributed by atoms with E-state index in [1.807, 2.05) is 0 Å². The Morgan fingerprint density at radius 1 is 1.25 bits per heavy atom. The fraction of sp³-hybridized carbons (Fsp3) is 1.00. The van der Waals surface area contributed by atoms with Crippen LogP contribution in [-0.4, -0.2) is 36.6 Å². The Hall–Kier alpha value is -0.0800. The highest BCUT2D eigenvalue weighted by molar-refractivity contribution is 4.88. The molecule has 0 aromatic heterocycles. The van der Waals surface area contributed by atoms with Crippen LogP contribution in [0.5, 0.6) is 0 Å². The minimum atomic E-state index is 0.638. The molecule has 94 valence electrons. The van der Waals surface area contributed by atoms with E-state index >= 15 is 0 Å². The van der Waals surface area contributed by atoms with Crippen molar-refractivity contribution in [2.45, 2.75) is 58.5 Å². The fourth-order valence-electron chi connectivity index (χ4n) is 3.40. The van der Waals surface area contributed by atoms with E-state index in [1.54, 1.807) is 0 Å². The first-order valence-electron chi connectivity index (χ1n) is 7.14. The molecule has 2 rings (SSSR count). The summed E-state index contributed by atoms with van der Waals surface area (Å²) < 4.78 is 0. The molecule has 2 heteroatoms. The van der Waals surface area contributed by atoms with Crippen molar-refractivity contribution in [3.8, 4) is 0 Å². The van der Waals surface area contributed by atoms with Crippen LogP contribution in [0.3, 0.4) is 0 Å². The molecule has 1 aliphatic carbocycles. The summed E-state index contributed by atoms with van der Waals surface area (Å²) in [5.74, 6) is 1.84. The predicted octanol–water partition coefficient (Wildman–Crippen LogP) is 2.49. The quantitative estimate of drug-likeness (QED) is 0.789. The zero-order valence-electron chi connectivity index (χ0n) is 11.2. The molecular weight excluding hydrogens is 196 g/mol. The number of likely N-dealkylation sites (tertiary alicyclic amines) is 1. The third-order valence-corrected chi connectivity index (χ3v) is 4.42. The summed E-state index contributed by atoms with van der Waals surface area (Å²) in [6, 6.07) is 1.54. The summed E-state index contributed by atoms with van der Waals surface area (Å²) in [5, 5.41) is 3.58. The standard InChI is InChI=1S/C14H28N2/c1-11(2)15-9-13-7-8-16(10-13)14-6-4-5-12(14)3/h11-15H,4-10H2,1-3H3. The number of rotatable bonds is 4. The maximum absolute atomic E-state index is 3.58. The molecular formula is C14H28N2. The van der Waals surface area contributed by atoms with Gasteiger partial charge in [0.15, 0.2) is 0 Å². The molecule has 3 unspecified atom stereocenters. The van der Waals surface area contributed by atoms with E-state index in [0.29, 0.717) is 6.04 Å². The topological polar surface area (TPSA) is 15.3 Å². The van der Waals surface area contributed by atoms with Gasteiger partial charge < -0.3 is 5.32 Å². The Kier molecular flexibility index (Phi) is 4.26. The van der Waals surface area contributed by atoms with Crippen molar-refractivity contribution >= 4 is 0 Å². The molecule has 0 spiro atoms. The van der Waals surface area contributed by atoms with Crippen molar-refractivity contribution in [2.24, 2.45) is 11.8 Å². The van der Waals surface area contributed by atoms with E-state index < -0.39 is 0 Å². The third-order valence-electron chi connectivity index (χ3n) is 4.42. The van der Waals surface area contributed by atoms with Crippen LogP contribution in [0.15, 0.2) is 0 Å². The van der Waals surface area contributed by atoms with Crippen molar-refractivity contribution in [3.05, 3.63) is 0 Å². The summed E-state index contributed by atoms with van der Waals surface area (Å²) in [5.41, 5.74) is 0. The Bertz CT molecular complexity index is 215. The highest BCUT2D eigenvalue weighted by atomic mass is 15.2. The molecule has 0 bridgehead atoms. The van der Waals surface area contributed by atoms with Crippen LogP contribution < -0.4 is 5.32 Å². The molecule has 2 nitrogen and oxygen atoms in total. The second kappa shape index (κ2) is 5.50. The largest absolute Gasteiger partial charge is 0.314 e. The van der Waals surface area contributed by atoms with Crippen LogP contribution in [0, 0.1) is 11.8 Å². The molecule has 0 aromatic carbocycles. The monoisotopic (exact) mass is 224 g/mol. The van der Waals surface area contributed by atoms with Gasteiger partial charge in [0.2, 0.25) is 0 Å². The average Bonchev–Trinajstić information content (AvgIpc) is 2.83. The zero-order valence-corrected chi connectivity index (χ0v) is 11.2. The SMILES string of the molecule is CC(C)NCC1CCN(C2CCCC2C)C1. The molecule has 1 saturated carbocycles. The Labute approximate surface area is 101 Å². The molecule has 2 aliphatic rings. The zero-order chi connectivity index (χ0) is 11.5. The van der Waals surface area contributed by atoms with Crippen LogP contribution in [0.2, 0.25) is 0 Å². The Morgan fingerprint density at radius 2 is 2.06 bits per heavy atom. The number of hydrogen-bond acceptors (Lipinski definition) is 2. The van der Waals surface area contributed by atoms with E-state index in [-0.39, 0.29) is 0 Å². The molecule has 1 saturated heterocycles. The molecule has 3 atom stereocenters. The van der Waals surface area contributed by atoms with Crippen LogP contribution in [-0.2, 0) is 0 Å². The predicted molar refractivity (Wildman–Crippen MR) is 69.6 cm³/mol. The maximum Gasteiger partial charge on any atom is 0.0121 e. The van der Waals surface area contributed by atoms with Gasteiger partial charge in [-0.2, -0.15) is 0 Å². The van der Waals surface area contributed by atoms with Crippen LogP contribution in [0.25, 0.3) is 0 Å². The molecule has 0 radical (unpaired) electrons. The second-order valence-electron chi connectivity index (χ2n) is 6.19. The van der Waals surface area contributed by atoms with Gasteiger partial charge >= 0.3 is 0 Å². The lowest BCUT2D eigenvalue weighted by molar-refractivity contribution is 0.198. The second-order valence-corrected chi connectivity index (χ2v) is 6.19. The summed E-state index contributed by atoms with van der Waals surface area (Å²) in [6.45, 7) is 10.8. The lowest BCUT2D eigenvalue weighted by Crippen LogP contribution is -2.36. The minimum Gasteiger partial charge on any atom is -0.314 e. The van der Waals surface area contributed by atoms with Gasteiger partial charge in [-0.3, -0.25) is 4.90 Å². The normalized spacial score (nSPS) is 36.4. The van der Waals surface area contributed by atoms with Gasteiger partial charge in [0.05, 0.1) is 0 Å². The van der Waals surface area contributed by atoms with Gasteiger partial charge in [-0.05, 0) is 44.2 Å². The number of hydrogen-bond donors (Lipinski definition) is 1. The van der Waals surface area contributed by atoms with Crippen molar-refractivity contribution < 1.29 is 0 Å². The van der Waals surface area contributed by atoms with Crippen molar-refractivity contribution in [1.29, 1.82) is 0 Å². The molecule has 1 aliphatic heterocycles. The number of nitrogens with one attached hydrogen (secondary N) is 1. The van der Waals surface area contributed by atoms with Gasteiger partial charge in [0, 0.05) is 18.6 Å². The maximum atomic E-state index is 3.58. The van der Waals surface area contributed by atoms with Gasteiger partial charge in [-0.1, -0.05) is 27.2 Å².